The number of cyclic esters (lactones) is 1. The summed E-state index contributed by atoms with van der Waals surface area (Å²) < 4.78 is 56.3. The van der Waals surface area contributed by atoms with Gasteiger partial charge in [-0.2, -0.15) is 0 Å². The van der Waals surface area contributed by atoms with Gasteiger partial charge in [0.2, 0.25) is 0 Å². The van der Waals surface area contributed by atoms with Gasteiger partial charge in [0, 0.05) is 59.1 Å². The van der Waals surface area contributed by atoms with Crippen LogP contribution in [-0.2, 0) is 71.4 Å². The largest absolute Gasteiger partial charge is 0.465 e. The van der Waals surface area contributed by atoms with Crippen LogP contribution in [0.25, 0.3) is 0 Å². The molecule has 0 unspecified atom stereocenters. The number of pyridine rings is 1. The fourth-order valence-corrected chi connectivity index (χ4v) is 10.1. The van der Waals surface area contributed by atoms with Crippen LogP contribution in [0.2, 0.25) is 0 Å². The van der Waals surface area contributed by atoms with Gasteiger partial charge >= 0.3 is 47.8 Å². The second kappa shape index (κ2) is 17.8. The number of fused-ring (bicyclic) bond motifs is 5. The SMILES string of the molecule is CC[C@@H]1CCC(=O)O[C@@H]2[C@@H](OC(C)=O)[C@@H](OC(=O)c3ccccc3)[C@]3(COC(C)=O)[C@@H](OC(C)=O)[C@@H](OC(C)=O)[C@H]4[C@H](OC(C)=O)[C@@]3(O[C@]4(C)COC(=O)c3cccnc31)[C@H]2C. The number of carbonyl (C=O) groups excluding carboxylic acids is 8. The molecule has 18 nitrogen and oxygen atoms in total. The number of ether oxygens (including phenoxy) is 9. The molecule has 2 saturated carbocycles. The third-order valence-electron chi connectivity index (χ3n) is 12.4. The first-order valence-electron chi connectivity index (χ1n) is 20.4. The van der Waals surface area contributed by atoms with Crippen LogP contribution < -0.4 is 0 Å². The zero-order valence-corrected chi connectivity index (χ0v) is 35.7. The number of nitrogens with zero attached hydrogens (tertiary/aromatic N) is 1. The van der Waals surface area contributed by atoms with E-state index in [0.717, 1.165) is 34.6 Å². The molecule has 2 aromatic rings. The van der Waals surface area contributed by atoms with Crippen LogP contribution in [-0.4, -0.2) is 114 Å². The Morgan fingerprint density at radius 1 is 0.774 bits per heavy atom. The van der Waals surface area contributed by atoms with Crippen molar-refractivity contribution in [1.82, 2.24) is 4.98 Å². The first-order chi connectivity index (χ1) is 29.3. The summed E-state index contributed by atoms with van der Waals surface area (Å²) in [4.78, 5) is 114. The lowest BCUT2D eigenvalue weighted by Gasteiger charge is -2.65. The highest BCUT2D eigenvalue weighted by molar-refractivity contribution is 5.91. The summed E-state index contributed by atoms with van der Waals surface area (Å²) in [7, 11) is 0. The van der Waals surface area contributed by atoms with Crippen molar-refractivity contribution in [2.75, 3.05) is 13.2 Å². The molecule has 6 rings (SSSR count). The van der Waals surface area contributed by atoms with E-state index in [1.165, 1.54) is 38.2 Å². The van der Waals surface area contributed by atoms with Crippen molar-refractivity contribution in [2.24, 2.45) is 17.3 Å². The van der Waals surface area contributed by atoms with E-state index in [-0.39, 0.29) is 24.0 Å². The van der Waals surface area contributed by atoms with Crippen molar-refractivity contribution in [2.45, 2.75) is 128 Å². The first kappa shape index (κ1) is 45.6. The van der Waals surface area contributed by atoms with E-state index in [9.17, 15) is 38.4 Å². The molecule has 3 fully saturated rings. The first-order valence-corrected chi connectivity index (χ1v) is 20.4. The molecule has 334 valence electrons. The van der Waals surface area contributed by atoms with Crippen LogP contribution >= 0.6 is 0 Å². The molecule has 2 aliphatic heterocycles. The van der Waals surface area contributed by atoms with Crippen LogP contribution in [0.4, 0.5) is 0 Å². The van der Waals surface area contributed by atoms with Gasteiger partial charge in [-0.25, -0.2) is 9.59 Å². The lowest BCUT2D eigenvalue weighted by molar-refractivity contribution is -0.347. The molecule has 18 heteroatoms. The third kappa shape index (κ3) is 8.11. The van der Waals surface area contributed by atoms with Crippen molar-refractivity contribution in [1.29, 1.82) is 0 Å². The zero-order chi connectivity index (χ0) is 45.3. The number of benzene rings is 1. The monoisotopic (exact) mass is 865 g/mol. The van der Waals surface area contributed by atoms with Gasteiger partial charge in [0.05, 0.1) is 22.7 Å². The van der Waals surface area contributed by atoms with Crippen molar-refractivity contribution in [3.63, 3.8) is 0 Å². The Morgan fingerprint density at radius 3 is 2.00 bits per heavy atom. The van der Waals surface area contributed by atoms with Gasteiger partial charge in [-0.1, -0.05) is 32.0 Å². The number of carbonyl (C=O) groups is 8. The highest BCUT2D eigenvalue weighted by Crippen LogP contribution is 2.69. The van der Waals surface area contributed by atoms with Crippen molar-refractivity contribution in [3.05, 3.63) is 65.5 Å². The maximum absolute atomic E-state index is 14.4. The maximum Gasteiger partial charge on any atom is 0.340 e. The Morgan fingerprint density at radius 2 is 1.39 bits per heavy atom. The summed E-state index contributed by atoms with van der Waals surface area (Å²) in [6, 6.07) is 10.7. The van der Waals surface area contributed by atoms with Gasteiger partial charge < -0.3 is 42.6 Å². The van der Waals surface area contributed by atoms with Crippen LogP contribution in [0.15, 0.2) is 48.7 Å². The molecule has 0 amide bonds. The molecular formula is C44H51NO17. The van der Waals surface area contributed by atoms with E-state index in [1.807, 2.05) is 6.92 Å². The Balaban J connectivity index is 1.75. The highest BCUT2D eigenvalue weighted by Gasteiger charge is 2.88. The third-order valence-corrected chi connectivity index (χ3v) is 12.4. The molecule has 2 aliphatic carbocycles. The predicted octanol–water partition coefficient (Wildman–Crippen LogP) is 3.75. The second-order valence-corrected chi connectivity index (χ2v) is 16.4. The van der Waals surface area contributed by atoms with Gasteiger partial charge in [0.1, 0.15) is 48.1 Å². The molecule has 4 aliphatic rings. The van der Waals surface area contributed by atoms with E-state index in [4.69, 9.17) is 42.6 Å². The molecule has 12 atom stereocenters. The molecule has 1 saturated heterocycles. The van der Waals surface area contributed by atoms with Crippen molar-refractivity contribution in [3.8, 4) is 0 Å². The highest BCUT2D eigenvalue weighted by atomic mass is 16.7. The minimum atomic E-state index is -2.38. The van der Waals surface area contributed by atoms with Crippen molar-refractivity contribution >= 4 is 47.8 Å². The lowest BCUT2D eigenvalue weighted by atomic mass is 9.46. The molecule has 3 heterocycles. The van der Waals surface area contributed by atoms with Gasteiger partial charge in [0.25, 0.3) is 0 Å². The fraction of sp³-hybridized carbons (Fsp3) is 0.568. The summed E-state index contributed by atoms with van der Waals surface area (Å²) in [5.41, 5.74) is -6.11. The molecule has 62 heavy (non-hydrogen) atoms. The maximum atomic E-state index is 14.4. The van der Waals surface area contributed by atoms with E-state index in [1.54, 1.807) is 24.3 Å². The molecule has 1 aromatic heterocycles. The summed E-state index contributed by atoms with van der Waals surface area (Å²) in [6.45, 7) is 8.71. The smallest absolute Gasteiger partial charge is 0.340 e. The number of aromatic nitrogens is 1. The number of esters is 8. The minimum absolute atomic E-state index is 0.00927. The average molecular weight is 866 g/mol. The second-order valence-electron chi connectivity index (χ2n) is 16.4. The van der Waals surface area contributed by atoms with E-state index >= 15 is 0 Å². The number of hydrogen-bond acceptors (Lipinski definition) is 18. The molecule has 4 bridgehead atoms. The summed E-state index contributed by atoms with van der Waals surface area (Å²) in [6.07, 6.45) is -8.76. The number of rotatable bonds is 9. The standard InChI is InChI=1S/C44H51NO17/c1-9-28-17-18-31(51)60-34-22(2)44-37(58-26(6)49)32(42(8,62-44)20-55-41(53)30-16-13-19-45-33(28)30)35(56-24(4)47)38(59-27(7)50)43(44,21-54-23(3)46)39(36(34)57-25(5)48)61-40(52)29-14-11-10-12-15-29/h10-16,19,22,28,32,34-39H,9,17-18,20-21H2,1-8H3/t22-,28+,32-,34-,35-,36+,37-,38-,39+,42+,43-,44-/m0/s1. The topological polar surface area (TPSA) is 233 Å². The minimum Gasteiger partial charge on any atom is -0.465 e. The van der Waals surface area contributed by atoms with Gasteiger partial charge in [0.15, 0.2) is 18.3 Å². The Hall–Kier alpha value is -5.91. The van der Waals surface area contributed by atoms with E-state index < -0.39 is 132 Å². The van der Waals surface area contributed by atoms with Gasteiger partial charge in [-0.15, -0.1) is 0 Å². The summed E-state index contributed by atoms with van der Waals surface area (Å²) in [5, 5.41) is 0. The Labute approximate surface area is 357 Å². The molecule has 1 aromatic carbocycles. The molecule has 1 spiro atoms. The molecular weight excluding hydrogens is 814 g/mol. The molecule has 0 radical (unpaired) electrons. The Bertz CT molecular complexity index is 2110. The summed E-state index contributed by atoms with van der Waals surface area (Å²) in [5.74, 6) is -10.4. The zero-order valence-electron chi connectivity index (χ0n) is 35.7. The van der Waals surface area contributed by atoms with Crippen LogP contribution in [0, 0.1) is 17.3 Å². The number of hydrogen-bond donors (Lipinski definition) is 0. The van der Waals surface area contributed by atoms with E-state index in [2.05, 4.69) is 4.98 Å². The van der Waals surface area contributed by atoms with Gasteiger partial charge in [-0.05, 0) is 44.0 Å². The van der Waals surface area contributed by atoms with E-state index in [0.29, 0.717) is 12.1 Å². The van der Waals surface area contributed by atoms with Gasteiger partial charge in [-0.3, -0.25) is 33.8 Å². The average Bonchev–Trinajstić information content (AvgIpc) is 3.42. The summed E-state index contributed by atoms with van der Waals surface area (Å²) >= 11 is 0. The normalized spacial score (nSPS) is 33.8. The van der Waals surface area contributed by atoms with Crippen LogP contribution in [0.5, 0.6) is 0 Å². The predicted molar refractivity (Wildman–Crippen MR) is 208 cm³/mol. The molecule has 0 N–H and O–H groups in total. The van der Waals surface area contributed by atoms with Crippen LogP contribution in [0.3, 0.4) is 0 Å². The van der Waals surface area contributed by atoms with Crippen LogP contribution in [0.1, 0.15) is 107 Å². The Kier molecular flexibility index (Phi) is 13.1. The lowest BCUT2D eigenvalue weighted by Crippen LogP contribution is -2.84. The quantitative estimate of drug-likeness (QED) is 0.258. The fourth-order valence-electron chi connectivity index (χ4n) is 10.1. The van der Waals surface area contributed by atoms with Crippen molar-refractivity contribution < 1.29 is 81.0 Å².